The molecule has 0 aromatic rings. The number of rotatable bonds is 1. The van der Waals surface area contributed by atoms with Crippen molar-refractivity contribution in [1.29, 1.82) is 0 Å². The molecule has 0 atom stereocenters. The van der Waals surface area contributed by atoms with Gasteiger partial charge in [0.1, 0.15) is 6.61 Å². The highest BCUT2D eigenvalue weighted by Crippen LogP contribution is 1.96. The second kappa shape index (κ2) is 3.23. The lowest BCUT2D eigenvalue weighted by atomic mass is 10.4. The van der Waals surface area contributed by atoms with Crippen LogP contribution in [-0.4, -0.2) is 37.1 Å². The number of amides is 1. The van der Waals surface area contributed by atoms with Crippen LogP contribution in [0.4, 0.5) is 0 Å². The van der Waals surface area contributed by atoms with Crippen LogP contribution in [0, 0.1) is 12.3 Å². The summed E-state index contributed by atoms with van der Waals surface area (Å²) < 4.78 is 4.88. The fourth-order valence-corrected chi connectivity index (χ4v) is 0.813. The van der Waals surface area contributed by atoms with Gasteiger partial charge in [0.05, 0.1) is 13.2 Å². The van der Waals surface area contributed by atoms with Crippen LogP contribution in [0.1, 0.15) is 0 Å². The molecule has 1 heterocycles. The highest BCUT2D eigenvalue weighted by molar-refractivity contribution is 5.78. The van der Waals surface area contributed by atoms with E-state index in [1.54, 1.807) is 4.90 Å². The lowest BCUT2D eigenvalue weighted by Gasteiger charge is -2.24. The van der Waals surface area contributed by atoms with Gasteiger partial charge in [-0.3, -0.25) is 4.79 Å². The number of ether oxygens (including phenoxy) is 1. The molecule has 0 aromatic heterocycles. The first-order valence-corrected chi connectivity index (χ1v) is 3.09. The van der Waals surface area contributed by atoms with Gasteiger partial charge in [-0.25, -0.2) is 0 Å². The van der Waals surface area contributed by atoms with Crippen LogP contribution in [0.5, 0.6) is 0 Å². The molecular formula is C7H8NO2. The molecule has 1 aliphatic heterocycles. The average molecular weight is 138 g/mol. The summed E-state index contributed by atoms with van der Waals surface area (Å²) in [6, 6.07) is 0. The molecule has 0 spiro atoms. The highest BCUT2D eigenvalue weighted by atomic mass is 16.5. The predicted octanol–water partition coefficient (Wildman–Crippen LogP) is -0.565. The zero-order valence-corrected chi connectivity index (χ0v) is 5.59. The van der Waals surface area contributed by atoms with Crippen molar-refractivity contribution in [1.82, 2.24) is 4.90 Å². The minimum atomic E-state index is -0.0500. The molecule has 0 N–H and O–H groups in total. The fraction of sp³-hybridized carbons (Fsp3) is 0.571. The van der Waals surface area contributed by atoms with E-state index in [2.05, 4.69) is 5.92 Å². The van der Waals surface area contributed by atoms with Gasteiger partial charge in [0.15, 0.2) is 0 Å². The maximum Gasteiger partial charge on any atom is 0.249 e. The van der Waals surface area contributed by atoms with Crippen molar-refractivity contribution in [2.45, 2.75) is 0 Å². The van der Waals surface area contributed by atoms with Crippen LogP contribution in [0.25, 0.3) is 0 Å². The minimum Gasteiger partial charge on any atom is -0.370 e. The van der Waals surface area contributed by atoms with Gasteiger partial charge < -0.3 is 9.64 Å². The molecule has 10 heavy (non-hydrogen) atoms. The van der Waals surface area contributed by atoms with E-state index in [0.29, 0.717) is 19.7 Å². The molecule has 53 valence electrons. The maximum absolute atomic E-state index is 10.9. The third kappa shape index (κ3) is 1.49. The van der Waals surface area contributed by atoms with Crippen LogP contribution in [0.15, 0.2) is 0 Å². The topological polar surface area (TPSA) is 29.5 Å². The van der Waals surface area contributed by atoms with Crippen LogP contribution in [0.2, 0.25) is 0 Å². The molecule has 1 rings (SSSR count). The Hall–Kier alpha value is -1.01. The lowest BCUT2D eigenvalue weighted by Crippen LogP contribution is -2.41. The van der Waals surface area contributed by atoms with E-state index in [1.165, 1.54) is 0 Å². The van der Waals surface area contributed by atoms with Crippen molar-refractivity contribution in [2.75, 3.05) is 26.3 Å². The highest BCUT2D eigenvalue weighted by Gasteiger charge is 2.16. The molecule has 0 saturated carbocycles. The van der Waals surface area contributed by atoms with Gasteiger partial charge in [0.2, 0.25) is 5.91 Å². The van der Waals surface area contributed by atoms with Gasteiger partial charge >= 0.3 is 0 Å². The van der Waals surface area contributed by atoms with E-state index in [1.807, 2.05) is 0 Å². The molecule has 0 aromatic carbocycles. The molecule has 0 bridgehead atoms. The van der Waals surface area contributed by atoms with Crippen molar-refractivity contribution >= 4 is 5.91 Å². The Kier molecular flexibility index (Phi) is 2.30. The number of carbonyl (C=O) groups excluding carboxylic acids is 1. The number of nitrogens with zero attached hydrogens (tertiary/aromatic N) is 1. The summed E-state index contributed by atoms with van der Waals surface area (Å²) in [6.45, 7) is 1.61. The zero-order chi connectivity index (χ0) is 7.40. The summed E-state index contributed by atoms with van der Waals surface area (Å²) in [5.41, 5.74) is 0. The summed E-state index contributed by atoms with van der Waals surface area (Å²) in [4.78, 5) is 12.4. The van der Waals surface area contributed by atoms with Crippen LogP contribution in [-0.2, 0) is 9.53 Å². The van der Waals surface area contributed by atoms with Crippen molar-refractivity contribution in [3.05, 3.63) is 6.42 Å². The summed E-state index contributed by atoms with van der Waals surface area (Å²) in [7, 11) is 0. The fourth-order valence-electron chi connectivity index (χ4n) is 0.813. The van der Waals surface area contributed by atoms with Crippen molar-refractivity contribution in [2.24, 2.45) is 0 Å². The van der Waals surface area contributed by atoms with Crippen molar-refractivity contribution in [3.63, 3.8) is 0 Å². The second-order valence-electron chi connectivity index (χ2n) is 2.04. The van der Waals surface area contributed by atoms with Gasteiger partial charge in [0, 0.05) is 6.54 Å². The Labute approximate surface area is 60.0 Å². The van der Waals surface area contributed by atoms with Gasteiger partial charge in [-0.1, -0.05) is 5.92 Å². The summed E-state index contributed by atoms with van der Waals surface area (Å²) in [5.74, 6) is 2.12. The summed E-state index contributed by atoms with van der Waals surface area (Å²) in [5, 5.41) is 0. The largest absolute Gasteiger partial charge is 0.370 e. The van der Waals surface area contributed by atoms with E-state index in [-0.39, 0.29) is 12.5 Å². The second-order valence-corrected chi connectivity index (χ2v) is 2.04. The molecule has 1 amide bonds. The number of hydrogen-bond acceptors (Lipinski definition) is 2. The first-order valence-electron chi connectivity index (χ1n) is 3.09. The Morgan fingerprint density at radius 3 is 3.20 bits per heavy atom. The molecule has 3 heteroatoms. The van der Waals surface area contributed by atoms with Crippen molar-refractivity contribution in [3.8, 4) is 5.92 Å². The molecule has 1 radical (unpaired) electrons. The normalized spacial score (nSPS) is 18.7. The van der Waals surface area contributed by atoms with Crippen LogP contribution >= 0.6 is 0 Å². The van der Waals surface area contributed by atoms with Crippen LogP contribution in [0.3, 0.4) is 0 Å². The molecule has 1 aliphatic rings. The Morgan fingerprint density at radius 2 is 2.60 bits per heavy atom. The quantitative estimate of drug-likeness (QED) is 0.454. The van der Waals surface area contributed by atoms with Gasteiger partial charge in [0.25, 0.3) is 0 Å². The zero-order valence-electron chi connectivity index (χ0n) is 5.59. The standard InChI is InChI=1S/C7H8NO2/c1-2-3-8-4-5-10-6-7(8)9/h3-6H2. The Balaban J connectivity index is 2.42. The smallest absolute Gasteiger partial charge is 0.249 e. The molecule has 0 unspecified atom stereocenters. The van der Waals surface area contributed by atoms with E-state index < -0.39 is 0 Å². The Bertz CT molecular complexity index is 171. The molecule has 0 aliphatic carbocycles. The number of carbonyl (C=O) groups is 1. The first-order chi connectivity index (χ1) is 4.84. The number of hydrogen-bond donors (Lipinski definition) is 0. The van der Waals surface area contributed by atoms with Crippen LogP contribution < -0.4 is 0 Å². The molecule has 1 fully saturated rings. The first kappa shape index (κ1) is 7.10. The monoisotopic (exact) mass is 138 g/mol. The summed E-state index contributed by atoms with van der Waals surface area (Å²) in [6.07, 6.45) is 6.64. The van der Waals surface area contributed by atoms with E-state index in [9.17, 15) is 4.79 Å². The molecular weight excluding hydrogens is 130 g/mol. The maximum atomic E-state index is 10.9. The Morgan fingerprint density at radius 1 is 1.80 bits per heavy atom. The molecule has 3 nitrogen and oxygen atoms in total. The van der Waals surface area contributed by atoms with Gasteiger partial charge in [-0.2, -0.15) is 0 Å². The minimum absolute atomic E-state index is 0.0500. The van der Waals surface area contributed by atoms with E-state index in [0.717, 1.165) is 0 Å². The van der Waals surface area contributed by atoms with Crippen molar-refractivity contribution < 1.29 is 9.53 Å². The number of morpholine rings is 1. The predicted molar refractivity (Wildman–Crippen MR) is 34.5 cm³/mol. The molecule has 1 saturated heterocycles. The van der Waals surface area contributed by atoms with E-state index >= 15 is 0 Å². The summed E-state index contributed by atoms with van der Waals surface area (Å²) >= 11 is 0. The van der Waals surface area contributed by atoms with E-state index in [4.69, 9.17) is 11.2 Å². The van der Waals surface area contributed by atoms with Gasteiger partial charge in [-0.05, 0) is 6.42 Å². The average Bonchev–Trinajstić information content (AvgIpc) is 1.94. The lowest BCUT2D eigenvalue weighted by molar-refractivity contribution is -0.141. The SMILES string of the molecule is [C]#CCN1CCOCC1=O. The van der Waals surface area contributed by atoms with Gasteiger partial charge in [-0.15, -0.1) is 0 Å². The third-order valence-corrected chi connectivity index (χ3v) is 1.35. The third-order valence-electron chi connectivity index (χ3n) is 1.35.